The highest BCUT2D eigenvalue weighted by Crippen LogP contribution is 2.15. The number of hydrogen-bond acceptors (Lipinski definition) is 1. The Labute approximate surface area is 127 Å². The Morgan fingerprint density at radius 2 is 1.76 bits per heavy atom. The Morgan fingerprint density at radius 1 is 1.05 bits per heavy atom. The van der Waals surface area contributed by atoms with Crippen LogP contribution in [0, 0.1) is 12.7 Å². The van der Waals surface area contributed by atoms with E-state index in [0.717, 1.165) is 18.4 Å². The summed E-state index contributed by atoms with van der Waals surface area (Å²) in [6.45, 7) is 6.45. The van der Waals surface area contributed by atoms with Crippen molar-refractivity contribution in [1.29, 1.82) is 0 Å². The van der Waals surface area contributed by atoms with E-state index >= 15 is 0 Å². The van der Waals surface area contributed by atoms with Crippen LogP contribution in [0.4, 0.5) is 4.39 Å². The maximum atomic E-state index is 12.9. The molecule has 0 bridgehead atoms. The minimum absolute atomic E-state index is 0.182. The fourth-order valence-corrected chi connectivity index (χ4v) is 2.61. The maximum Gasteiger partial charge on any atom is 0.123 e. The van der Waals surface area contributed by atoms with Crippen LogP contribution in [0.25, 0.3) is 0 Å². The normalized spacial score (nSPS) is 13.9. The molecule has 0 aliphatic heterocycles. The van der Waals surface area contributed by atoms with Gasteiger partial charge in [-0.05, 0) is 56.9 Å². The van der Waals surface area contributed by atoms with Crippen molar-refractivity contribution in [2.75, 3.05) is 0 Å². The van der Waals surface area contributed by atoms with E-state index < -0.39 is 0 Å². The summed E-state index contributed by atoms with van der Waals surface area (Å²) >= 11 is 0. The zero-order valence-corrected chi connectivity index (χ0v) is 13.1. The third kappa shape index (κ3) is 4.98. The number of halogens is 1. The van der Waals surface area contributed by atoms with Crippen LogP contribution in [0.3, 0.4) is 0 Å². The molecule has 0 fully saturated rings. The highest BCUT2D eigenvalue weighted by molar-refractivity contribution is 5.22. The topological polar surface area (TPSA) is 12.0 Å². The fourth-order valence-electron chi connectivity index (χ4n) is 2.61. The van der Waals surface area contributed by atoms with Gasteiger partial charge in [0.2, 0.25) is 0 Å². The first-order valence-corrected chi connectivity index (χ1v) is 7.61. The molecule has 21 heavy (non-hydrogen) atoms. The summed E-state index contributed by atoms with van der Waals surface area (Å²) in [6.07, 6.45) is 2.17. The second-order valence-corrected chi connectivity index (χ2v) is 5.87. The predicted molar refractivity (Wildman–Crippen MR) is 86.9 cm³/mol. The first-order valence-electron chi connectivity index (χ1n) is 7.61. The molecule has 0 saturated carbocycles. The van der Waals surface area contributed by atoms with Crippen LogP contribution < -0.4 is 5.32 Å². The molecule has 0 heterocycles. The van der Waals surface area contributed by atoms with Crippen LogP contribution >= 0.6 is 0 Å². The van der Waals surface area contributed by atoms with E-state index in [4.69, 9.17) is 0 Å². The van der Waals surface area contributed by atoms with Gasteiger partial charge in [-0.15, -0.1) is 0 Å². The molecule has 0 aromatic heterocycles. The summed E-state index contributed by atoms with van der Waals surface area (Å²) in [6, 6.07) is 16.1. The van der Waals surface area contributed by atoms with Gasteiger partial charge >= 0.3 is 0 Å². The molecule has 2 aromatic carbocycles. The molecule has 1 N–H and O–H groups in total. The van der Waals surface area contributed by atoms with Crippen molar-refractivity contribution < 1.29 is 4.39 Å². The SMILES string of the molecule is Cc1cccc(CCC(C)N[C@H](C)c2ccc(F)cc2)c1. The molecule has 2 atom stereocenters. The van der Waals surface area contributed by atoms with Gasteiger partial charge in [-0.3, -0.25) is 0 Å². The lowest BCUT2D eigenvalue weighted by Gasteiger charge is -2.20. The Hall–Kier alpha value is -1.67. The molecule has 2 heteroatoms. The maximum absolute atomic E-state index is 12.9. The van der Waals surface area contributed by atoms with E-state index in [-0.39, 0.29) is 11.9 Å². The van der Waals surface area contributed by atoms with E-state index in [1.807, 2.05) is 12.1 Å². The van der Waals surface area contributed by atoms with Crippen LogP contribution in [0.2, 0.25) is 0 Å². The number of nitrogens with one attached hydrogen (secondary N) is 1. The van der Waals surface area contributed by atoms with Gasteiger partial charge in [-0.1, -0.05) is 42.0 Å². The van der Waals surface area contributed by atoms with Crippen molar-refractivity contribution in [2.24, 2.45) is 0 Å². The van der Waals surface area contributed by atoms with Crippen LogP contribution in [-0.2, 0) is 6.42 Å². The molecule has 0 amide bonds. The van der Waals surface area contributed by atoms with Crippen LogP contribution in [-0.4, -0.2) is 6.04 Å². The van der Waals surface area contributed by atoms with Gasteiger partial charge in [-0.2, -0.15) is 0 Å². The number of hydrogen-bond donors (Lipinski definition) is 1. The average Bonchev–Trinajstić information content (AvgIpc) is 2.46. The predicted octanol–water partition coefficient (Wildman–Crippen LogP) is 4.81. The van der Waals surface area contributed by atoms with Crippen molar-refractivity contribution in [3.05, 3.63) is 71.0 Å². The zero-order chi connectivity index (χ0) is 15.2. The number of rotatable bonds is 6. The first-order chi connectivity index (χ1) is 10.0. The fraction of sp³-hybridized carbons (Fsp3) is 0.368. The van der Waals surface area contributed by atoms with Gasteiger partial charge in [0.05, 0.1) is 0 Å². The highest BCUT2D eigenvalue weighted by Gasteiger charge is 2.09. The molecule has 0 aliphatic rings. The van der Waals surface area contributed by atoms with Gasteiger partial charge in [-0.25, -0.2) is 4.39 Å². The highest BCUT2D eigenvalue weighted by atomic mass is 19.1. The number of aryl methyl sites for hydroxylation is 2. The summed E-state index contributed by atoms with van der Waals surface area (Å²) in [5.41, 5.74) is 3.82. The quantitative estimate of drug-likeness (QED) is 0.803. The van der Waals surface area contributed by atoms with Crippen molar-refractivity contribution in [3.63, 3.8) is 0 Å². The van der Waals surface area contributed by atoms with Gasteiger partial charge < -0.3 is 5.32 Å². The van der Waals surface area contributed by atoms with Gasteiger partial charge in [0.1, 0.15) is 5.82 Å². The molecule has 2 aromatic rings. The summed E-state index contributed by atoms with van der Waals surface area (Å²) in [7, 11) is 0. The minimum Gasteiger partial charge on any atom is -0.308 e. The lowest BCUT2D eigenvalue weighted by Crippen LogP contribution is -2.29. The molecule has 1 nitrogen and oxygen atoms in total. The smallest absolute Gasteiger partial charge is 0.123 e. The Bertz CT molecular complexity index is 562. The molecule has 0 aliphatic carbocycles. The van der Waals surface area contributed by atoms with Crippen LogP contribution in [0.5, 0.6) is 0 Å². The standard InChI is InChI=1S/C19H24FN/c1-14-5-4-6-17(13-14)8-7-15(2)21-16(3)18-9-11-19(20)12-10-18/h4-6,9-13,15-16,21H,7-8H2,1-3H3/t15?,16-/m1/s1. The monoisotopic (exact) mass is 285 g/mol. The molecule has 0 spiro atoms. The lowest BCUT2D eigenvalue weighted by molar-refractivity contribution is 0.456. The molecule has 2 rings (SSSR count). The van der Waals surface area contributed by atoms with Gasteiger partial charge in [0.25, 0.3) is 0 Å². The molecule has 1 unspecified atom stereocenters. The third-order valence-corrected chi connectivity index (χ3v) is 3.85. The summed E-state index contributed by atoms with van der Waals surface area (Å²) in [4.78, 5) is 0. The molecule has 0 saturated heterocycles. The van der Waals surface area contributed by atoms with Crippen molar-refractivity contribution in [3.8, 4) is 0 Å². The largest absolute Gasteiger partial charge is 0.308 e. The van der Waals surface area contributed by atoms with E-state index in [1.165, 1.54) is 23.3 Å². The van der Waals surface area contributed by atoms with E-state index in [9.17, 15) is 4.39 Å². The first kappa shape index (κ1) is 15.7. The lowest BCUT2D eigenvalue weighted by atomic mass is 10.0. The molecular formula is C19H24FN. The summed E-state index contributed by atoms with van der Waals surface area (Å²) < 4.78 is 12.9. The minimum atomic E-state index is -0.182. The van der Waals surface area contributed by atoms with E-state index in [1.54, 1.807) is 0 Å². The van der Waals surface area contributed by atoms with E-state index in [0.29, 0.717) is 6.04 Å². The second kappa shape index (κ2) is 7.37. The summed E-state index contributed by atoms with van der Waals surface area (Å²) in [5, 5.41) is 3.58. The second-order valence-electron chi connectivity index (χ2n) is 5.87. The Morgan fingerprint density at radius 3 is 2.43 bits per heavy atom. The third-order valence-electron chi connectivity index (χ3n) is 3.85. The van der Waals surface area contributed by atoms with Crippen LogP contribution in [0.1, 0.15) is 43.0 Å². The average molecular weight is 285 g/mol. The number of benzene rings is 2. The zero-order valence-electron chi connectivity index (χ0n) is 13.1. The molecule has 112 valence electrons. The molecule has 0 radical (unpaired) electrons. The van der Waals surface area contributed by atoms with Crippen molar-refractivity contribution in [2.45, 2.75) is 45.7 Å². The van der Waals surface area contributed by atoms with Crippen molar-refractivity contribution >= 4 is 0 Å². The van der Waals surface area contributed by atoms with E-state index in [2.05, 4.69) is 50.4 Å². The van der Waals surface area contributed by atoms with Gasteiger partial charge in [0.15, 0.2) is 0 Å². The summed E-state index contributed by atoms with van der Waals surface area (Å²) in [5.74, 6) is -0.182. The molecular weight excluding hydrogens is 261 g/mol. The Balaban J connectivity index is 1.83. The van der Waals surface area contributed by atoms with Crippen LogP contribution in [0.15, 0.2) is 48.5 Å². The van der Waals surface area contributed by atoms with Crippen molar-refractivity contribution in [1.82, 2.24) is 5.32 Å². The van der Waals surface area contributed by atoms with Gasteiger partial charge in [0, 0.05) is 12.1 Å². The Kier molecular flexibility index (Phi) is 5.51.